The monoisotopic (exact) mass is 449 g/mol. The maximum Gasteiger partial charge on any atom is 0.274 e. The van der Waals surface area contributed by atoms with Gasteiger partial charge in [0.25, 0.3) is 11.8 Å². The number of aromatic nitrogens is 1. The number of rotatable bonds is 3. The molecule has 32 heavy (non-hydrogen) atoms. The van der Waals surface area contributed by atoms with Crippen LogP contribution < -0.4 is 10.7 Å². The van der Waals surface area contributed by atoms with E-state index in [9.17, 15) is 37.5 Å². The first kappa shape index (κ1) is 21.6. The number of Topliss-reactive ketones (excluding diaryl/α,β-unsaturated/α-hetero) is 1. The summed E-state index contributed by atoms with van der Waals surface area (Å²) in [6.45, 7) is 1.08. The summed E-state index contributed by atoms with van der Waals surface area (Å²) in [6, 6.07) is -0.277. The van der Waals surface area contributed by atoms with Crippen molar-refractivity contribution in [2.45, 2.75) is 38.4 Å². The molecule has 2 aliphatic heterocycles. The molecule has 0 spiro atoms. The van der Waals surface area contributed by atoms with Gasteiger partial charge in [-0.3, -0.25) is 19.2 Å². The van der Waals surface area contributed by atoms with Gasteiger partial charge in [-0.25, -0.2) is 13.2 Å². The average molecular weight is 449 g/mol. The lowest BCUT2D eigenvalue weighted by Crippen LogP contribution is -2.48. The van der Waals surface area contributed by atoms with Crippen LogP contribution in [0.1, 0.15) is 52.2 Å². The molecule has 3 heterocycles. The Morgan fingerprint density at radius 2 is 1.84 bits per heavy atom. The zero-order valence-corrected chi connectivity index (χ0v) is 16.8. The Bertz CT molecular complexity index is 1200. The quantitative estimate of drug-likeness (QED) is 0.741. The summed E-state index contributed by atoms with van der Waals surface area (Å²) in [7, 11) is 0. The van der Waals surface area contributed by atoms with Crippen molar-refractivity contribution < 1.29 is 32.7 Å². The molecule has 2 amide bonds. The molecule has 1 aromatic carbocycles. The van der Waals surface area contributed by atoms with Crippen LogP contribution in [0.4, 0.5) is 13.2 Å². The van der Waals surface area contributed by atoms with Gasteiger partial charge in [-0.05, 0) is 13.3 Å². The zero-order chi connectivity index (χ0) is 23.3. The Hall–Kier alpha value is -3.63. The molecule has 11 heteroatoms. The molecule has 2 aliphatic rings. The summed E-state index contributed by atoms with van der Waals surface area (Å²) >= 11 is 0. The van der Waals surface area contributed by atoms with E-state index in [0.29, 0.717) is 18.6 Å². The summed E-state index contributed by atoms with van der Waals surface area (Å²) in [4.78, 5) is 52.0. The van der Waals surface area contributed by atoms with Gasteiger partial charge in [-0.15, -0.1) is 0 Å². The lowest BCUT2D eigenvalue weighted by Gasteiger charge is -2.36. The van der Waals surface area contributed by atoms with Gasteiger partial charge in [-0.2, -0.15) is 0 Å². The van der Waals surface area contributed by atoms with Gasteiger partial charge in [0.15, 0.2) is 17.2 Å². The normalized spacial score (nSPS) is 20.1. The van der Waals surface area contributed by atoms with Gasteiger partial charge in [0.1, 0.15) is 29.1 Å². The van der Waals surface area contributed by atoms with E-state index >= 15 is 0 Å². The summed E-state index contributed by atoms with van der Waals surface area (Å²) in [5, 5.41) is 12.6. The van der Waals surface area contributed by atoms with Crippen molar-refractivity contribution in [3.8, 4) is 5.75 Å². The maximum atomic E-state index is 13.8. The van der Waals surface area contributed by atoms with Crippen LogP contribution in [0.5, 0.6) is 5.75 Å². The zero-order valence-electron chi connectivity index (χ0n) is 16.8. The fraction of sp³-hybridized carbons (Fsp3) is 0.333. The van der Waals surface area contributed by atoms with Gasteiger partial charge < -0.3 is 19.9 Å². The van der Waals surface area contributed by atoms with Crippen molar-refractivity contribution in [1.82, 2.24) is 14.8 Å². The Morgan fingerprint density at radius 3 is 2.50 bits per heavy atom. The van der Waals surface area contributed by atoms with Crippen molar-refractivity contribution >= 4 is 17.6 Å². The Kier molecular flexibility index (Phi) is 5.27. The fourth-order valence-corrected chi connectivity index (χ4v) is 4.05. The van der Waals surface area contributed by atoms with E-state index in [2.05, 4.69) is 5.32 Å². The highest BCUT2D eigenvalue weighted by Gasteiger charge is 2.41. The topological polar surface area (TPSA) is 109 Å². The number of hydrogen-bond donors (Lipinski definition) is 2. The number of amides is 2. The molecule has 1 saturated heterocycles. The lowest BCUT2D eigenvalue weighted by atomic mass is 10.0. The van der Waals surface area contributed by atoms with E-state index in [1.165, 1.54) is 4.90 Å². The van der Waals surface area contributed by atoms with Crippen LogP contribution in [0.2, 0.25) is 0 Å². The van der Waals surface area contributed by atoms with Crippen molar-refractivity contribution in [3.05, 3.63) is 62.8 Å². The fourth-order valence-electron chi connectivity index (χ4n) is 4.05. The third kappa shape index (κ3) is 3.43. The smallest absolute Gasteiger partial charge is 0.274 e. The van der Waals surface area contributed by atoms with Crippen molar-refractivity contribution in [2.24, 2.45) is 0 Å². The number of ketones is 1. The molecule has 0 aliphatic carbocycles. The van der Waals surface area contributed by atoms with Gasteiger partial charge >= 0.3 is 0 Å². The first-order valence-electron chi connectivity index (χ1n) is 9.83. The molecule has 0 radical (unpaired) electrons. The molecule has 1 aromatic heterocycles. The van der Waals surface area contributed by atoms with Crippen LogP contribution in [0.15, 0.2) is 23.1 Å². The number of carbonyl (C=O) groups is 3. The third-order valence-corrected chi connectivity index (χ3v) is 5.87. The molecule has 2 N–H and O–H groups in total. The average Bonchev–Trinajstić information content (AvgIpc) is 2.85. The number of nitrogens with one attached hydrogen (secondary N) is 1. The van der Waals surface area contributed by atoms with Gasteiger partial charge in [0.05, 0.1) is 0 Å². The Morgan fingerprint density at radius 1 is 1.19 bits per heavy atom. The van der Waals surface area contributed by atoms with Crippen LogP contribution in [0.25, 0.3) is 0 Å². The number of nitrogens with zero attached hydrogens (tertiary/aromatic N) is 2. The molecule has 168 valence electrons. The summed E-state index contributed by atoms with van der Waals surface area (Å²) in [6.07, 6.45) is 1.59. The van der Waals surface area contributed by atoms with Crippen molar-refractivity contribution in [1.29, 1.82) is 0 Å². The van der Waals surface area contributed by atoms with E-state index in [0.717, 1.165) is 10.8 Å². The molecule has 4 rings (SSSR count). The molecule has 2 aromatic rings. The SMILES string of the molecule is CC1CCC(=O)C2CN1C(=O)c1c(O)c(=O)c(C(=O)NCc3c(F)cc(F)cc3F)cn12. The second-order valence-corrected chi connectivity index (χ2v) is 7.83. The Balaban J connectivity index is 1.71. The highest BCUT2D eigenvalue weighted by atomic mass is 19.1. The first-order valence-corrected chi connectivity index (χ1v) is 9.83. The van der Waals surface area contributed by atoms with E-state index < -0.39 is 64.2 Å². The lowest BCUT2D eigenvalue weighted by molar-refractivity contribution is -0.122. The van der Waals surface area contributed by atoms with E-state index in [1.54, 1.807) is 6.92 Å². The predicted octanol–water partition coefficient (Wildman–Crippen LogP) is 1.65. The number of aromatic hydroxyl groups is 1. The number of hydrogen-bond acceptors (Lipinski definition) is 5. The van der Waals surface area contributed by atoms with E-state index in [1.807, 2.05) is 0 Å². The summed E-state index contributed by atoms with van der Waals surface area (Å²) in [5.74, 6) is -6.52. The standard InChI is InChI=1S/C21H18F3N3O5/c1-9-2-3-16(28)15-8-26(9)21(32)17-19(30)18(29)12(7-27(15)17)20(31)25-6-11-13(23)4-10(22)5-14(11)24/h4-5,7,9,15,30H,2-3,6,8H2,1H3,(H,25,31). The van der Waals surface area contributed by atoms with Gasteiger partial charge in [0.2, 0.25) is 5.43 Å². The molecular formula is C21H18F3N3O5. The molecule has 0 saturated carbocycles. The van der Waals surface area contributed by atoms with Gasteiger partial charge in [0, 0.05) is 49.4 Å². The second-order valence-electron chi connectivity index (χ2n) is 7.83. The first-order chi connectivity index (χ1) is 15.1. The summed E-state index contributed by atoms with van der Waals surface area (Å²) in [5.41, 5.74) is -2.79. The van der Waals surface area contributed by atoms with Crippen molar-refractivity contribution in [3.63, 3.8) is 0 Å². The molecule has 2 bridgehead atoms. The molecular weight excluding hydrogens is 431 g/mol. The third-order valence-electron chi connectivity index (χ3n) is 5.87. The largest absolute Gasteiger partial charge is 0.503 e. The van der Waals surface area contributed by atoms with Crippen LogP contribution in [-0.4, -0.2) is 44.8 Å². The number of halogens is 3. The van der Waals surface area contributed by atoms with Crippen LogP contribution in [0.3, 0.4) is 0 Å². The summed E-state index contributed by atoms with van der Waals surface area (Å²) < 4.78 is 41.8. The molecule has 8 nitrogen and oxygen atoms in total. The molecule has 1 fully saturated rings. The number of benzene rings is 1. The number of carbonyl (C=O) groups excluding carboxylic acids is 3. The molecule has 2 atom stereocenters. The van der Waals surface area contributed by atoms with Crippen LogP contribution in [-0.2, 0) is 11.3 Å². The van der Waals surface area contributed by atoms with Gasteiger partial charge in [-0.1, -0.05) is 0 Å². The minimum absolute atomic E-state index is 0.0290. The number of fused-ring (bicyclic) bond motifs is 4. The van der Waals surface area contributed by atoms with Crippen LogP contribution >= 0.6 is 0 Å². The maximum absolute atomic E-state index is 13.8. The minimum Gasteiger partial charge on any atom is -0.503 e. The minimum atomic E-state index is -1.23. The highest BCUT2D eigenvalue weighted by molar-refractivity contribution is 6.01. The molecule has 2 unspecified atom stereocenters. The van der Waals surface area contributed by atoms with Crippen molar-refractivity contribution in [2.75, 3.05) is 6.54 Å². The van der Waals surface area contributed by atoms with E-state index in [4.69, 9.17) is 0 Å². The second kappa shape index (κ2) is 7.81. The van der Waals surface area contributed by atoms with Crippen LogP contribution in [0, 0.1) is 17.5 Å². The Labute approximate surface area is 179 Å². The number of pyridine rings is 1. The van der Waals surface area contributed by atoms with E-state index in [-0.39, 0.29) is 30.5 Å². The predicted molar refractivity (Wildman–Crippen MR) is 104 cm³/mol. The highest BCUT2D eigenvalue weighted by Crippen LogP contribution is 2.32.